The van der Waals surface area contributed by atoms with Crippen molar-refractivity contribution in [3.63, 3.8) is 0 Å². The van der Waals surface area contributed by atoms with Crippen molar-refractivity contribution in [2.24, 2.45) is 0 Å². The highest BCUT2D eigenvalue weighted by Gasteiger charge is 2.39. The summed E-state index contributed by atoms with van der Waals surface area (Å²) in [5.74, 6) is 0.254. The van der Waals surface area contributed by atoms with Gasteiger partial charge in [-0.15, -0.1) is 0 Å². The van der Waals surface area contributed by atoms with Crippen LogP contribution in [0.4, 0.5) is 9.18 Å². The monoisotopic (exact) mass is 325 g/mol. The largest absolute Gasteiger partial charge is 0.491 e. The highest BCUT2D eigenvalue weighted by atomic mass is 19.1. The third-order valence-corrected chi connectivity index (χ3v) is 3.58. The van der Waals surface area contributed by atoms with Gasteiger partial charge in [0.25, 0.3) is 0 Å². The minimum atomic E-state index is -0.569. The lowest BCUT2D eigenvalue weighted by atomic mass is 10.2. The Hall–Kier alpha value is -1.82. The van der Waals surface area contributed by atoms with Crippen LogP contribution in [-0.4, -0.2) is 42.6 Å². The molecule has 0 N–H and O–H groups in total. The quantitative estimate of drug-likeness (QED) is 0.849. The molecule has 0 aliphatic carbocycles. The van der Waals surface area contributed by atoms with Crippen LogP contribution in [0.5, 0.6) is 5.75 Å². The first-order valence-corrected chi connectivity index (χ1v) is 7.72. The number of likely N-dealkylation sites (tertiary alicyclic amines) is 1. The number of rotatable bonds is 4. The van der Waals surface area contributed by atoms with Crippen LogP contribution in [0.3, 0.4) is 0 Å². The zero-order valence-corrected chi connectivity index (χ0v) is 14.0. The van der Waals surface area contributed by atoms with E-state index in [-0.39, 0.29) is 18.1 Å². The molecule has 23 heavy (non-hydrogen) atoms. The van der Waals surface area contributed by atoms with Crippen molar-refractivity contribution in [3.05, 3.63) is 30.1 Å². The minimum absolute atomic E-state index is 0.139. The first-order valence-electron chi connectivity index (χ1n) is 7.72. The van der Waals surface area contributed by atoms with Crippen LogP contribution < -0.4 is 4.74 Å². The number of carbonyl (C=O) groups excluding carboxylic acids is 1. The number of halogens is 1. The van der Waals surface area contributed by atoms with E-state index in [0.717, 1.165) is 12.8 Å². The molecule has 2 atom stereocenters. The van der Waals surface area contributed by atoms with Crippen LogP contribution in [0.25, 0.3) is 0 Å². The third kappa shape index (κ3) is 4.82. The van der Waals surface area contributed by atoms with Crippen molar-refractivity contribution >= 4 is 6.09 Å². The summed E-state index contributed by atoms with van der Waals surface area (Å²) >= 11 is 0. The lowest BCUT2D eigenvalue weighted by Gasteiger charge is -2.31. The molecule has 1 aliphatic rings. The van der Waals surface area contributed by atoms with Crippen LogP contribution in [0.1, 0.15) is 33.6 Å². The molecule has 1 aliphatic heterocycles. The summed E-state index contributed by atoms with van der Waals surface area (Å²) < 4.78 is 29.4. The van der Waals surface area contributed by atoms with Crippen molar-refractivity contribution < 1.29 is 23.4 Å². The Morgan fingerprint density at radius 3 is 2.48 bits per heavy atom. The van der Waals surface area contributed by atoms with Gasteiger partial charge in [-0.2, -0.15) is 0 Å². The van der Waals surface area contributed by atoms with Crippen LogP contribution in [0.15, 0.2) is 24.3 Å². The lowest BCUT2D eigenvalue weighted by Crippen LogP contribution is -2.46. The van der Waals surface area contributed by atoms with E-state index in [4.69, 9.17) is 14.2 Å². The van der Waals surface area contributed by atoms with E-state index in [2.05, 4.69) is 0 Å². The predicted molar refractivity (Wildman–Crippen MR) is 83.8 cm³/mol. The summed E-state index contributed by atoms with van der Waals surface area (Å²) in [6, 6.07) is 5.67. The van der Waals surface area contributed by atoms with E-state index in [9.17, 15) is 9.18 Å². The van der Waals surface area contributed by atoms with Crippen LogP contribution in [0.2, 0.25) is 0 Å². The molecule has 0 saturated carbocycles. The Balaban J connectivity index is 2.01. The van der Waals surface area contributed by atoms with Crippen LogP contribution in [-0.2, 0) is 9.47 Å². The Labute approximate surface area is 136 Å². The van der Waals surface area contributed by atoms with Crippen LogP contribution >= 0.6 is 0 Å². The molecule has 1 fully saturated rings. The molecule has 1 aromatic rings. The van der Waals surface area contributed by atoms with Crippen LogP contribution in [0, 0.1) is 5.82 Å². The number of nitrogens with zero attached hydrogens (tertiary/aromatic N) is 1. The van der Waals surface area contributed by atoms with E-state index < -0.39 is 11.7 Å². The number of hydrogen-bond donors (Lipinski definition) is 0. The number of hydrogen-bond acceptors (Lipinski definition) is 4. The average molecular weight is 325 g/mol. The Bertz CT molecular complexity index is 526. The van der Waals surface area contributed by atoms with Crippen molar-refractivity contribution in [2.75, 3.05) is 13.7 Å². The number of ether oxygens (including phenoxy) is 3. The molecule has 2 rings (SSSR count). The maximum absolute atomic E-state index is 12.9. The van der Waals surface area contributed by atoms with Gasteiger partial charge in [-0.1, -0.05) is 0 Å². The second kappa shape index (κ2) is 7.17. The maximum atomic E-state index is 12.9. The molecule has 1 unspecified atom stereocenters. The minimum Gasteiger partial charge on any atom is -0.491 e. The van der Waals surface area contributed by atoms with Gasteiger partial charge in [-0.3, -0.25) is 4.90 Å². The lowest BCUT2D eigenvalue weighted by molar-refractivity contribution is -0.0458. The third-order valence-electron chi connectivity index (χ3n) is 3.58. The molecule has 1 amide bonds. The fraction of sp³-hybridized carbons (Fsp3) is 0.588. The molecule has 1 aromatic carbocycles. The first kappa shape index (κ1) is 17.5. The van der Waals surface area contributed by atoms with Gasteiger partial charge in [0.05, 0.1) is 6.04 Å². The zero-order valence-electron chi connectivity index (χ0n) is 14.0. The van der Waals surface area contributed by atoms with Crippen molar-refractivity contribution in [2.45, 2.75) is 51.5 Å². The van der Waals surface area contributed by atoms with Crippen molar-refractivity contribution in [1.29, 1.82) is 0 Å². The molecule has 0 aromatic heterocycles. The molecule has 0 spiro atoms. The molecular weight excluding hydrogens is 301 g/mol. The highest BCUT2D eigenvalue weighted by Crippen LogP contribution is 2.27. The molecule has 1 saturated heterocycles. The Kier molecular flexibility index (Phi) is 5.46. The van der Waals surface area contributed by atoms with E-state index in [0.29, 0.717) is 12.4 Å². The maximum Gasteiger partial charge on any atom is 0.412 e. The van der Waals surface area contributed by atoms with E-state index >= 15 is 0 Å². The van der Waals surface area contributed by atoms with Gasteiger partial charge in [-0.25, -0.2) is 9.18 Å². The number of benzene rings is 1. The smallest absolute Gasteiger partial charge is 0.412 e. The second-order valence-corrected chi connectivity index (χ2v) is 6.57. The summed E-state index contributed by atoms with van der Waals surface area (Å²) in [4.78, 5) is 14.0. The summed E-state index contributed by atoms with van der Waals surface area (Å²) in [5, 5.41) is 0. The SMILES string of the molecule is COC1CC[C@@H](COc2ccc(F)cc2)N1C(=O)OC(C)(C)C. The average Bonchev–Trinajstić information content (AvgIpc) is 2.88. The topological polar surface area (TPSA) is 48.0 Å². The number of methoxy groups -OCH3 is 1. The first-order chi connectivity index (χ1) is 10.8. The molecule has 0 bridgehead atoms. The van der Waals surface area contributed by atoms with E-state index in [1.54, 1.807) is 24.1 Å². The standard InChI is InChI=1S/C17H24FNO4/c1-17(2,3)23-16(20)19-13(7-10-15(19)21-4)11-22-14-8-5-12(18)6-9-14/h5-6,8-9,13,15H,7,10-11H2,1-4H3/t13-,15?/m0/s1. The molecule has 6 heteroatoms. The number of carbonyl (C=O) groups is 1. The van der Waals surface area contributed by atoms with Gasteiger partial charge in [0.2, 0.25) is 0 Å². The fourth-order valence-electron chi connectivity index (χ4n) is 2.55. The van der Waals surface area contributed by atoms with Gasteiger partial charge in [0, 0.05) is 7.11 Å². The molecular formula is C17H24FNO4. The van der Waals surface area contributed by atoms with E-state index in [1.165, 1.54) is 12.1 Å². The molecule has 128 valence electrons. The van der Waals surface area contributed by atoms with E-state index in [1.807, 2.05) is 20.8 Å². The molecule has 5 nitrogen and oxygen atoms in total. The Morgan fingerprint density at radius 1 is 1.26 bits per heavy atom. The van der Waals surface area contributed by atoms with Crippen molar-refractivity contribution in [3.8, 4) is 5.75 Å². The zero-order chi connectivity index (χ0) is 17.0. The normalized spacial score (nSPS) is 21.3. The fourth-order valence-corrected chi connectivity index (χ4v) is 2.55. The predicted octanol–water partition coefficient (Wildman–Crippen LogP) is 3.58. The summed E-state index contributed by atoms with van der Waals surface area (Å²) in [6.45, 7) is 5.79. The van der Waals surface area contributed by atoms with Gasteiger partial charge in [-0.05, 0) is 57.9 Å². The summed E-state index contributed by atoms with van der Waals surface area (Å²) in [6.07, 6.45) is 0.771. The molecule has 1 heterocycles. The van der Waals surface area contributed by atoms with Gasteiger partial charge >= 0.3 is 6.09 Å². The number of amides is 1. The molecule has 0 radical (unpaired) electrons. The van der Waals surface area contributed by atoms with Crippen molar-refractivity contribution in [1.82, 2.24) is 4.90 Å². The Morgan fingerprint density at radius 2 is 1.91 bits per heavy atom. The highest BCUT2D eigenvalue weighted by molar-refractivity contribution is 5.69. The summed E-state index contributed by atoms with van der Waals surface area (Å²) in [5.41, 5.74) is -0.569. The van der Waals surface area contributed by atoms with Gasteiger partial charge in [0.1, 0.15) is 30.0 Å². The second-order valence-electron chi connectivity index (χ2n) is 6.57. The van der Waals surface area contributed by atoms with Gasteiger partial charge in [0.15, 0.2) is 0 Å². The van der Waals surface area contributed by atoms with Gasteiger partial charge < -0.3 is 14.2 Å². The summed E-state index contributed by atoms with van der Waals surface area (Å²) in [7, 11) is 1.57.